The molecular formula is C16H9ClN2S. The second-order valence-electron chi connectivity index (χ2n) is 4.19. The summed E-state index contributed by atoms with van der Waals surface area (Å²) in [5.74, 6) is 0. The van der Waals surface area contributed by atoms with Crippen LogP contribution in [-0.2, 0) is 0 Å². The molecule has 1 aromatic carbocycles. The molecule has 0 unspecified atom stereocenters. The van der Waals surface area contributed by atoms with Crippen LogP contribution in [-0.4, -0.2) is 4.98 Å². The zero-order valence-corrected chi connectivity index (χ0v) is 11.9. The van der Waals surface area contributed by atoms with Gasteiger partial charge in [0.05, 0.1) is 10.6 Å². The molecule has 3 aromatic rings. The number of aromatic nitrogens is 1. The van der Waals surface area contributed by atoms with Crippen molar-refractivity contribution in [2.45, 2.75) is 0 Å². The van der Waals surface area contributed by atoms with Crippen molar-refractivity contribution in [3.8, 4) is 6.07 Å². The lowest BCUT2D eigenvalue weighted by Crippen LogP contribution is -1.85. The fourth-order valence-electron chi connectivity index (χ4n) is 1.96. The molecule has 3 rings (SSSR count). The maximum absolute atomic E-state index is 9.37. The summed E-state index contributed by atoms with van der Waals surface area (Å²) in [7, 11) is 0. The number of hydrogen-bond donors (Lipinski definition) is 0. The molecule has 2 heterocycles. The largest absolute Gasteiger partial charge is 0.264 e. The first-order chi connectivity index (χ1) is 9.79. The van der Waals surface area contributed by atoms with Crippen LogP contribution in [0.3, 0.4) is 0 Å². The number of thiophene rings is 1. The van der Waals surface area contributed by atoms with Crippen LogP contribution in [0.1, 0.15) is 10.4 Å². The topological polar surface area (TPSA) is 36.7 Å². The van der Waals surface area contributed by atoms with Gasteiger partial charge in [-0.3, -0.25) is 4.98 Å². The van der Waals surface area contributed by atoms with Gasteiger partial charge in [0, 0.05) is 27.5 Å². The summed E-state index contributed by atoms with van der Waals surface area (Å²) in [6.45, 7) is 0. The minimum atomic E-state index is 0.450. The summed E-state index contributed by atoms with van der Waals surface area (Å²) in [6.07, 6.45) is 3.32. The molecule has 20 heavy (non-hydrogen) atoms. The number of halogens is 1. The molecule has 0 saturated carbocycles. The molecule has 0 fully saturated rings. The van der Waals surface area contributed by atoms with Gasteiger partial charge in [-0.05, 0) is 23.6 Å². The van der Waals surface area contributed by atoms with E-state index in [0.29, 0.717) is 10.6 Å². The Balaban J connectivity index is 2.16. The lowest BCUT2D eigenvalue weighted by atomic mass is 10.1. The Kier molecular flexibility index (Phi) is 3.51. The van der Waals surface area contributed by atoms with Crippen molar-refractivity contribution >= 4 is 43.6 Å². The van der Waals surface area contributed by atoms with E-state index < -0.39 is 0 Å². The van der Waals surface area contributed by atoms with Gasteiger partial charge in [-0.15, -0.1) is 11.3 Å². The van der Waals surface area contributed by atoms with E-state index in [1.54, 1.807) is 29.8 Å². The summed E-state index contributed by atoms with van der Waals surface area (Å²) in [5, 5.41) is 11.0. The predicted octanol–water partition coefficient (Wildman–Crippen LogP) is 4.93. The van der Waals surface area contributed by atoms with Crippen LogP contribution >= 0.6 is 22.9 Å². The highest BCUT2D eigenvalue weighted by Gasteiger charge is 2.12. The summed E-state index contributed by atoms with van der Waals surface area (Å²) < 4.78 is 1.16. The molecular weight excluding hydrogens is 288 g/mol. The lowest BCUT2D eigenvalue weighted by Gasteiger charge is -2.01. The average Bonchev–Trinajstić information content (AvgIpc) is 2.93. The third kappa shape index (κ3) is 2.32. The van der Waals surface area contributed by atoms with Crippen LogP contribution in [0.5, 0.6) is 0 Å². The van der Waals surface area contributed by atoms with Gasteiger partial charge in [-0.1, -0.05) is 35.9 Å². The third-order valence-electron chi connectivity index (χ3n) is 2.92. The highest BCUT2D eigenvalue weighted by Crippen LogP contribution is 2.36. The fourth-order valence-corrected chi connectivity index (χ4v) is 3.29. The summed E-state index contributed by atoms with van der Waals surface area (Å²) >= 11 is 8.00. The second kappa shape index (κ2) is 5.46. The second-order valence-corrected chi connectivity index (χ2v) is 5.65. The normalized spacial score (nSPS) is 12.0. The first-order valence-corrected chi connectivity index (χ1v) is 7.18. The van der Waals surface area contributed by atoms with Crippen molar-refractivity contribution in [2.24, 2.45) is 0 Å². The van der Waals surface area contributed by atoms with Crippen molar-refractivity contribution < 1.29 is 0 Å². The van der Waals surface area contributed by atoms with Crippen LogP contribution in [0.25, 0.3) is 20.7 Å². The molecule has 2 aromatic heterocycles. The molecule has 0 saturated heterocycles. The van der Waals surface area contributed by atoms with Gasteiger partial charge in [-0.2, -0.15) is 5.26 Å². The van der Waals surface area contributed by atoms with Crippen molar-refractivity contribution in [1.82, 2.24) is 4.98 Å². The van der Waals surface area contributed by atoms with Crippen molar-refractivity contribution in [2.75, 3.05) is 0 Å². The van der Waals surface area contributed by atoms with E-state index in [1.807, 2.05) is 36.4 Å². The first kappa shape index (κ1) is 12.9. The molecule has 0 aliphatic rings. The number of allylic oxidation sites excluding steroid dienone is 1. The average molecular weight is 297 g/mol. The number of fused-ring (bicyclic) bond motifs is 1. The number of nitriles is 1. The van der Waals surface area contributed by atoms with Crippen LogP contribution in [0.2, 0.25) is 0 Å². The zero-order chi connectivity index (χ0) is 13.9. The van der Waals surface area contributed by atoms with E-state index in [9.17, 15) is 5.26 Å². The van der Waals surface area contributed by atoms with E-state index in [4.69, 9.17) is 11.6 Å². The Morgan fingerprint density at radius 3 is 2.75 bits per heavy atom. The van der Waals surface area contributed by atoms with Gasteiger partial charge in [0.1, 0.15) is 6.07 Å². The van der Waals surface area contributed by atoms with Gasteiger partial charge in [-0.25, -0.2) is 0 Å². The van der Waals surface area contributed by atoms with E-state index in [2.05, 4.69) is 11.1 Å². The van der Waals surface area contributed by atoms with Gasteiger partial charge in [0.2, 0.25) is 0 Å². The van der Waals surface area contributed by atoms with Gasteiger partial charge in [0.15, 0.2) is 0 Å². The number of hydrogen-bond acceptors (Lipinski definition) is 3. The van der Waals surface area contributed by atoms with Gasteiger partial charge < -0.3 is 0 Å². The Bertz CT molecular complexity index is 795. The lowest BCUT2D eigenvalue weighted by molar-refractivity contribution is 1.31. The molecule has 0 aliphatic carbocycles. The van der Waals surface area contributed by atoms with E-state index in [0.717, 1.165) is 20.5 Å². The number of pyridine rings is 1. The fraction of sp³-hybridized carbons (Fsp3) is 0. The zero-order valence-electron chi connectivity index (χ0n) is 10.4. The first-order valence-electron chi connectivity index (χ1n) is 5.99. The number of benzene rings is 1. The number of nitrogens with zero attached hydrogens (tertiary/aromatic N) is 2. The maximum atomic E-state index is 9.37. The maximum Gasteiger partial charge on any atom is 0.101 e. The molecule has 96 valence electrons. The minimum Gasteiger partial charge on any atom is -0.264 e. The van der Waals surface area contributed by atoms with Crippen molar-refractivity contribution in [3.05, 3.63) is 65.3 Å². The molecule has 2 nitrogen and oxygen atoms in total. The summed E-state index contributed by atoms with van der Waals surface area (Å²) in [6, 6.07) is 15.9. The Labute approximate surface area is 125 Å². The summed E-state index contributed by atoms with van der Waals surface area (Å²) in [4.78, 5) is 4.93. The van der Waals surface area contributed by atoms with Crippen molar-refractivity contribution in [3.63, 3.8) is 0 Å². The van der Waals surface area contributed by atoms with Crippen LogP contribution in [0, 0.1) is 11.3 Å². The number of rotatable bonds is 2. The van der Waals surface area contributed by atoms with Crippen LogP contribution in [0.4, 0.5) is 0 Å². The molecule has 0 spiro atoms. The highest BCUT2D eigenvalue weighted by atomic mass is 35.5. The molecule has 0 N–H and O–H groups in total. The SMILES string of the molecule is N#C/C(=C(/Cl)c1cc2ccccc2s1)c1cccnc1. The summed E-state index contributed by atoms with van der Waals surface area (Å²) in [5.41, 5.74) is 1.18. The molecule has 0 radical (unpaired) electrons. The van der Waals surface area contributed by atoms with Crippen LogP contribution < -0.4 is 0 Å². The smallest absolute Gasteiger partial charge is 0.101 e. The minimum absolute atomic E-state index is 0.450. The molecule has 0 atom stereocenters. The standard InChI is InChI=1S/C16H9ClN2S/c17-16(13(9-18)12-5-3-7-19-10-12)15-8-11-4-1-2-6-14(11)20-15/h1-8,10H/b16-13-. The van der Waals surface area contributed by atoms with E-state index >= 15 is 0 Å². The Morgan fingerprint density at radius 2 is 2.05 bits per heavy atom. The van der Waals surface area contributed by atoms with Crippen LogP contribution in [0.15, 0.2) is 54.9 Å². The highest BCUT2D eigenvalue weighted by molar-refractivity contribution is 7.20. The molecule has 0 bridgehead atoms. The van der Waals surface area contributed by atoms with Gasteiger partial charge >= 0.3 is 0 Å². The predicted molar refractivity (Wildman–Crippen MR) is 84.3 cm³/mol. The molecule has 0 amide bonds. The third-order valence-corrected chi connectivity index (χ3v) is 4.56. The monoisotopic (exact) mass is 296 g/mol. The van der Waals surface area contributed by atoms with E-state index in [1.165, 1.54) is 0 Å². The molecule has 0 aliphatic heterocycles. The van der Waals surface area contributed by atoms with Gasteiger partial charge in [0.25, 0.3) is 0 Å². The molecule has 4 heteroatoms. The van der Waals surface area contributed by atoms with E-state index in [-0.39, 0.29) is 0 Å². The Hall–Kier alpha value is -2.15. The quantitative estimate of drug-likeness (QED) is 0.629. The van der Waals surface area contributed by atoms with Crippen molar-refractivity contribution in [1.29, 1.82) is 5.26 Å². The Morgan fingerprint density at radius 1 is 1.20 bits per heavy atom.